The van der Waals surface area contributed by atoms with Gasteiger partial charge in [0.25, 0.3) is 0 Å². The Morgan fingerprint density at radius 3 is 2.74 bits per heavy atom. The topological polar surface area (TPSA) is 83.5 Å². The minimum atomic E-state index is -3.61. The van der Waals surface area contributed by atoms with E-state index in [1.807, 2.05) is 24.5 Å². The third-order valence-corrected chi connectivity index (χ3v) is 6.88. The maximum absolute atomic E-state index is 12.6. The molecule has 6 nitrogen and oxygen atoms in total. The molecule has 0 saturated heterocycles. The number of nitrogens with zero attached hydrogens (tertiary/aromatic N) is 1. The molecule has 3 rings (SSSR count). The quantitative estimate of drug-likeness (QED) is 0.749. The molecule has 1 N–H and O–H groups in total. The smallest absolute Gasteiger partial charge is 0.231 e. The highest BCUT2D eigenvalue weighted by atomic mass is 32.2. The van der Waals surface area contributed by atoms with Gasteiger partial charge in [0.05, 0.1) is 17.1 Å². The molecule has 0 radical (unpaired) electrons. The number of carbonyl (C=O) groups excluding carboxylic acids is 2. The van der Waals surface area contributed by atoms with Crippen LogP contribution >= 0.6 is 11.8 Å². The zero-order valence-electron chi connectivity index (χ0n) is 15.1. The Labute approximate surface area is 162 Å². The lowest BCUT2D eigenvalue weighted by molar-refractivity contribution is -0.117. The van der Waals surface area contributed by atoms with Crippen molar-refractivity contribution in [1.82, 2.24) is 0 Å². The van der Waals surface area contributed by atoms with Crippen molar-refractivity contribution in [2.45, 2.75) is 22.6 Å². The molecule has 0 spiro atoms. The highest BCUT2D eigenvalue weighted by molar-refractivity contribution is 7.98. The summed E-state index contributed by atoms with van der Waals surface area (Å²) in [5, 5.41) is 2.73. The highest BCUT2D eigenvalue weighted by Crippen LogP contribution is 2.30. The van der Waals surface area contributed by atoms with E-state index in [2.05, 4.69) is 5.32 Å². The second-order valence-corrected chi connectivity index (χ2v) is 9.26. The van der Waals surface area contributed by atoms with Crippen LogP contribution in [0.4, 0.5) is 11.4 Å². The number of anilines is 2. The van der Waals surface area contributed by atoms with Crippen molar-refractivity contribution >= 4 is 44.8 Å². The second-order valence-electron chi connectivity index (χ2n) is 6.27. The number of benzene rings is 2. The van der Waals surface area contributed by atoms with E-state index < -0.39 is 9.84 Å². The lowest BCUT2D eigenvalue weighted by Crippen LogP contribution is -2.20. The summed E-state index contributed by atoms with van der Waals surface area (Å²) < 4.78 is 25.1. The minimum Gasteiger partial charge on any atom is -0.326 e. The first kappa shape index (κ1) is 19.4. The van der Waals surface area contributed by atoms with Gasteiger partial charge in [0.1, 0.15) is 0 Å². The number of rotatable bonds is 6. The Morgan fingerprint density at radius 1 is 1.22 bits per heavy atom. The monoisotopic (exact) mass is 404 g/mol. The van der Waals surface area contributed by atoms with Crippen LogP contribution in [0.1, 0.15) is 12.0 Å². The Hall–Kier alpha value is -2.32. The summed E-state index contributed by atoms with van der Waals surface area (Å²) in [6.07, 6.45) is 2.00. The van der Waals surface area contributed by atoms with Crippen LogP contribution in [0.2, 0.25) is 0 Å². The van der Waals surface area contributed by atoms with Gasteiger partial charge in [0.15, 0.2) is 9.84 Å². The van der Waals surface area contributed by atoms with Gasteiger partial charge in [-0.05, 0) is 48.2 Å². The fraction of sp³-hybridized carbons (Fsp3) is 0.263. The average Bonchev–Trinajstić information content (AvgIpc) is 2.94. The molecule has 8 heteroatoms. The summed E-state index contributed by atoms with van der Waals surface area (Å²) in [4.78, 5) is 26.5. The largest absolute Gasteiger partial charge is 0.326 e. The Morgan fingerprint density at radius 2 is 2.00 bits per heavy atom. The molecular weight excluding hydrogens is 384 g/mol. The normalized spacial score (nSPS) is 13.6. The number of likely N-dealkylation sites (N-methyl/N-ethyl adjacent to an activating group) is 1. The molecule has 0 aromatic heterocycles. The summed E-state index contributed by atoms with van der Waals surface area (Å²) >= 11 is 1.56. The number of sulfone groups is 1. The number of hydrogen-bond acceptors (Lipinski definition) is 5. The number of nitrogens with one attached hydrogen (secondary N) is 1. The number of amides is 2. The van der Waals surface area contributed by atoms with E-state index in [4.69, 9.17) is 0 Å². The lowest BCUT2D eigenvalue weighted by Gasteiger charge is -2.11. The highest BCUT2D eigenvalue weighted by Gasteiger charge is 2.26. The SMILES string of the molecule is CSc1cccc(NC(=O)CCS(=O)(=O)c2ccc3c(c2)CC(=O)N3C)c1. The van der Waals surface area contributed by atoms with Crippen LogP contribution in [0.25, 0.3) is 0 Å². The zero-order valence-corrected chi connectivity index (χ0v) is 16.7. The fourth-order valence-electron chi connectivity index (χ4n) is 2.91. The molecule has 1 aliphatic rings. The van der Waals surface area contributed by atoms with Crippen molar-refractivity contribution < 1.29 is 18.0 Å². The van der Waals surface area contributed by atoms with Gasteiger partial charge in [-0.25, -0.2) is 8.42 Å². The van der Waals surface area contributed by atoms with Gasteiger partial charge >= 0.3 is 0 Å². The predicted octanol–water partition coefficient (Wildman–Crippen LogP) is 2.73. The van der Waals surface area contributed by atoms with Crippen molar-refractivity contribution in [3.63, 3.8) is 0 Å². The van der Waals surface area contributed by atoms with Gasteiger partial charge in [-0.2, -0.15) is 0 Å². The minimum absolute atomic E-state index is 0.0635. The van der Waals surface area contributed by atoms with E-state index in [0.717, 1.165) is 10.6 Å². The molecular formula is C19H20N2O4S2. The van der Waals surface area contributed by atoms with Crippen LogP contribution in [0.3, 0.4) is 0 Å². The summed E-state index contributed by atoms with van der Waals surface area (Å²) in [7, 11) is -1.95. The molecule has 0 bridgehead atoms. The molecule has 0 unspecified atom stereocenters. The lowest BCUT2D eigenvalue weighted by atomic mass is 10.2. The molecule has 0 atom stereocenters. The van der Waals surface area contributed by atoms with Gasteiger partial charge in [-0.15, -0.1) is 11.8 Å². The van der Waals surface area contributed by atoms with E-state index in [0.29, 0.717) is 11.3 Å². The van der Waals surface area contributed by atoms with E-state index in [-0.39, 0.29) is 35.3 Å². The van der Waals surface area contributed by atoms with Gasteiger partial charge < -0.3 is 10.2 Å². The van der Waals surface area contributed by atoms with Crippen LogP contribution in [0.5, 0.6) is 0 Å². The molecule has 2 amide bonds. The van der Waals surface area contributed by atoms with Gasteiger partial charge in [-0.3, -0.25) is 9.59 Å². The first-order chi connectivity index (χ1) is 12.8. The van der Waals surface area contributed by atoms with Crippen LogP contribution in [0, 0.1) is 0 Å². The van der Waals surface area contributed by atoms with Crippen LogP contribution in [-0.2, 0) is 25.8 Å². The first-order valence-electron chi connectivity index (χ1n) is 8.36. The maximum Gasteiger partial charge on any atom is 0.231 e. The summed E-state index contributed by atoms with van der Waals surface area (Å²) in [6.45, 7) is 0. The molecule has 27 heavy (non-hydrogen) atoms. The summed E-state index contributed by atoms with van der Waals surface area (Å²) in [5.41, 5.74) is 2.07. The van der Waals surface area contributed by atoms with Crippen LogP contribution in [0.15, 0.2) is 52.3 Å². The Bertz CT molecular complexity index is 1000. The van der Waals surface area contributed by atoms with E-state index in [9.17, 15) is 18.0 Å². The van der Waals surface area contributed by atoms with Gasteiger partial charge in [-0.1, -0.05) is 6.07 Å². The Balaban J connectivity index is 1.66. The number of carbonyl (C=O) groups is 2. The molecule has 0 saturated carbocycles. The molecule has 0 fully saturated rings. The number of hydrogen-bond donors (Lipinski definition) is 1. The third kappa shape index (κ3) is 4.33. The molecule has 1 heterocycles. The van der Waals surface area contributed by atoms with Gasteiger partial charge in [0, 0.05) is 29.7 Å². The van der Waals surface area contributed by atoms with Crippen molar-refractivity contribution in [3.05, 3.63) is 48.0 Å². The molecule has 142 valence electrons. The van der Waals surface area contributed by atoms with E-state index in [1.54, 1.807) is 30.9 Å². The number of fused-ring (bicyclic) bond motifs is 1. The van der Waals surface area contributed by atoms with Crippen LogP contribution < -0.4 is 10.2 Å². The molecule has 2 aromatic carbocycles. The van der Waals surface area contributed by atoms with Crippen molar-refractivity contribution in [3.8, 4) is 0 Å². The molecule has 1 aliphatic heterocycles. The Kier molecular flexibility index (Phi) is 5.57. The standard InChI is InChI=1S/C19H20N2O4S2/c1-21-17-7-6-16(10-13(17)11-19(21)23)27(24,25)9-8-18(22)20-14-4-3-5-15(12-14)26-2/h3-7,10,12H,8-9,11H2,1-2H3,(H,20,22). The van der Waals surface area contributed by atoms with E-state index >= 15 is 0 Å². The van der Waals surface area contributed by atoms with Crippen molar-refractivity contribution in [1.29, 1.82) is 0 Å². The second kappa shape index (κ2) is 7.74. The van der Waals surface area contributed by atoms with Crippen molar-refractivity contribution in [2.24, 2.45) is 0 Å². The predicted molar refractivity (Wildman–Crippen MR) is 107 cm³/mol. The zero-order chi connectivity index (χ0) is 19.6. The average molecular weight is 405 g/mol. The molecule has 2 aromatic rings. The fourth-order valence-corrected chi connectivity index (χ4v) is 4.66. The van der Waals surface area contributed by atoms with E-state index in [1.165, 1.54) is 17.0 Å². The van der Waals surface area contributed by atoms with Crippen molar-refractivity contribution in [2.75, 3.05) is 29.3 Å². The van der Waals surface area contributed by atoms with Crippen LogP contribution in [-0.4, -0.2) is 39.3 Å². The summed E-state index contributed by atoms with van der Waals surface area (Å²) in [5.74, 6) is -0.705. The third-order valence-electron chi connectivity index (χ3n) is 4.44. The maximum atomic E-state index is 12.6. The first-order valence-corrected chi connectivity index (χ1v) is 11.2. The summed E-state index contributed by atoms with van der Waals surface area (Å²) in [6, 6.07) is 12.0. The number of thioether (sulfide) groups is 1. The van der Waals surface area contributed by atoms with Gasteiger partial charge in [0.2, 0.25) is 11.8 Å². The molecule has 0 aliphatic carbocycles.